The molecule has 0 saturated heterocycles. The molecule has 0 saturated carbocycles. The van der Waals surface area contributed by atoms with Crippen molar-refractivity contribution in [1.29, 1.82) is 0 Å². The molecule has 0 bridgehead atoms. The van der Waals surface area contributed by atoms with Gasteiger partial charge in [0.05, 0.1) is 0 Å². The van der Waals surface area contributed by atoms with Crippen LogP contribution in [0.1, 0.15) is 25.3 Å². The Kier molecular flexibility index (Phi) is 6.33. The largest absolute Gasteiger partial charge is 0.396 e. The van der Waals surface area contributed by atoms with Crippen LogP contribution in [0.4, 0.5) is 0 Å². The maximum Gasteiger partial charge on any atom is 0.222 e. The first-order valence-electron chi connectivity index (χ1n) is 6.20. The summed E-state index contributed by atoms with van der Waals surface area (Å²) in [6.45, 7) is 3.48. The van der Waals surface area contributed by atoms with Crippen LogP contribution in [0.2, 0.25) is 0 Å². The van der Waals surface area contributed by atoms with Gasteiger partial charge in [0.1, 0.15) is 0 Å². The molecule has 0 aliphatic heterocycles. The number of amides is 1. The second kappa shape index (κ2) is 7.85. The van der Waals surface area contributed by atoms with E-state index in [-0.39, 0.29) is 12.5 Å². The summed E-state index contributed by atoms with van der Waals surface area (Å²) >= 11 is 0. The van der Waals surface area contributed by atoms with Crippen molar-refractivity contribution in [2.45, 2.75) is 26.2 Å². The molecule has 3 heteroatoms. The van der Waals surface area contributed by atoms with Gasteiger partial charge in [-0.2, -0.15) is 0 Å². The zero-order valence-electron chi connectivity index (χ0n) is 10.4. The Morgan fingerprint density at radius 3 is 2.59 bits per heavy atom. The lowest BCUT2D eigenvalue weighted by Gasteiger charge is -2.20. The van der Waals surface area contributed by atoms with E-state index in [4.69, 9.17) is 5.11 Å². The Balaban J connectivity index is 2.37. The summed E-state index contributed by atoms with van der Waals surface area (Å²) in [6, 6.07) is 10.0. The molecule has 17 heavy (non-hydrogen) atoms. The standard InChI is InChI=1S/C14H21NO2/c1-2-15(11-6-12-16)14(17)10-9-13-7-4-3-5-8-13/h3-5,7-8,16H,2,6,9-12H2,1H3. The van der Waals surface area contributed by atoms with E-state index in [1.807, 2.05) is 37.3 Å². The fourth-order valence-corrected chi connectivity index (χ4v) is 1.77. The summed E-state index contributed by atoms with van der Waals surface area (Å²) in [6.07, 6.45) is 1.99. The highest BCUT2D eigenvalue weighted by molar-refractivity contribution is 5.76. The highest BCUT2D eigenvalue weighted by atomic mass is 16.3. The van der Waals surface area contributed by atoms with Gasteiger partial charge >= 0.3 is 0 Å². The number of nitrogens with zero attached hydrogens (tertiary/aromatic N) is 1. The van der Waals surface area contributed by atoms with E-state index in [2.05, 4.69) is 0 Å². The lowest BCUT2D eigenvalue weighted by Crippen LogP contribution is -2.32. The number of carbonyl (C=O) groups is 1. The first-order valence-corrected chi connectivity index (χ1v) is 6.20. The van der Waals surface area contributed by atoms with Gasteiger partial charge in [0, 0.05) is 26.1 Å². The van der Waals surface area contributed by atoms with E-state index in [0.29, 0.717) is 25.9 Å². The van der Waals surface area contributed by atoms with Crippen molar-refractivity contribution >= 4 is 5.91 Å². The van der Waals surface area contributed by atoms with E-state index in [0.717, 1.165) is 6.42 Å². The normalized spacial score (nSPS) is 10.2. The number of aliphatic hydroxyl groups excluding tert-OH is 1. The molecule has 3 nitrogen and oxygen atoms in total. The second-order valence-electron chi connectivity index (χ2n) is 4.04. The Morgan fingerprint density at radius 1 is 1.29 bits per heavy atom. The highest BCUT2D eigenvalue weighted by Gasteiger charge is 2.10. The van der Waals surface area contributed by atoms with E-state index >= 15 is 0 Å². The summed E-state index contributed by atoms with van der Waals surface area (Å²) in [5.41, 5.74) is 1.19. The smallest absolute Gasteiger partial charge is 0.222 e. The Labute approximate surface area is 103 Å². The van der Waals surface area contributed by atoms with Gasteiger partial charge in [-0.3, -0.25) is 4.79 Å². The molecule has 0 aliphatic carbocycles. The minimum absolute atomic E-state index is 0.141. The Morgan fingerprint density at radius 2 is 2.00 bits per heavy atom. The van der Waals surface area contributed by atoms with Crippen molar-refractivity contribution in [3.8, 4) is 0 Å². The minimum Gasteiger partial charge on any atom is -0.396 e. The predicted octanol–water partition coefficient (Wildman–Crippen LogP) is 1.85. The van der Waals surface area contributed by atoms with Crippen molar-refractivity contribution < 1.29 is 9.90 Å². The molecule has 1 aromatic rings. The zero-order chi connectivity index (χ0) is 12.5. The maximum atomic E-state index is 11.9. The minimum atomic E-state index is 0.141. The number of carbonyl (C=O) groups excluding carboxylic acids is 1. The summed E-state index contributed by atoms with van der Waals surface area (Å²) in [4.78, 5) is 13.7. The number of benzene rings is 1. The molecular formula is C14H21NO2. The molecule has 0 spiro atoms. The average Bonchev–Trinajstić information content (AvgIpc) is 2.38. The van der Waals surface area contributed by atoms with E-state index in [1.165, 1.54) is 5.56 Å². The van der Waals surface area contributed by atoms with Crippen molar-refractivity contribution in [2.75, 3.05) is 19.7 Å². The highest BCUT2D eigenvalue weighted by Crippen LogP contribution is 2.05. The van der Waals surface area contributed by atoms with Gasteiger partial charge < -0.3 is 10.0 Å². The van der Waals surface area contributed by atoms with Crippen molar-refractivity contribution in [2.24, 2.45) is 0 Å². The van der Waals surface area contributed by atoms with E-state index in [1.54, 1.807) is 4.90 Å². The van der Waals surface area contributed by atoms with Crippen molar-refractivity contribution in [3.05, 3.63) is 35.9 Å². The van der Waals surface area contributed by atoms with Crippen LogP contribution in [0.3, 0.4) is 0 Å². The fraction of sp³-hybridized carbons (Fsp3) is 0.500. The van der Waals surface area contributed by atoms with Crippen LogP contribution in [0.15, 0.2) is 30.3 Å². The molecule has 1 amide bonds. The average molecular weight is 235 g/mol. The Hall–Kier alpha value is -1.35. The van der Waals surface area contributed by atoms with Gasteiger partial charge in [0.25, 0.3) is 0 Å². The van der Waals surface area contributed by atoms with Crippen LogP contribution in [0, 0.1) is 0 Å². The molecule has 1 rings (SSSR count). The van der Waals surface area contributed by atoms with Gasteiger partial charge in [-0.1, -0.05) is 30.3 Å². The lowest BCUT2D eigenvalue weighted by molar-refractivity contribution is -0.131. The summed E-state index contributed by atoms with van der Waals surface area (Å²) in [5.74, 6) is 0.171. The molecule has 0 unspecified atom stereocenters. The summed E-state index contributed by atoms with van der Waals surface area (Å²) in [7, 11) is 0. The molecule has 0 radical (unpaired) electrons. The third-order valence-electron chi connectivity index (χ3n) is 2.79. The molecular weight excluding hydrogens is 214 g/mol. The summed E-state index contributed by atoms with van der Waals surface area (Å²) < 4.78 is 0. The van der Waals surface area contributed by atoms with Gasteiger partial charge in [-0.25, -0.2) is 0 Å². The van der Waals surface area contributed by atoms with Gasteiger partial charge in [0.15, 0.2) is 0 Å². The number of hydrogen-bond acceptors (Lipinski definition) is 2. The van der Waals surface area contributed by atoms with E-state index < -0.39 is 0 Å². The first-order chi connectivity index (χ1) is 8.27. The first kappa shape index (κ1) is 13.7. The third-order valence-corrected chi connectivity index (χ3v) is 2.79. The topological polar surface area (TPSA) is 40.5 Å². The molecule has 0 aromatic heterocycles. The Bertz CT molecular complexity index is 324. The predicted molar refractivity (Wildman–Crippen MR) is 68.7 cm³/mol. The molecule has 0 fully saturated rings. The van der Waals surface area contributed by atoms with Gasteiger partial charge in [0.2, 0.25) is 5.91 Å². The van der Waals surface area contributed by atoms with Crippen LogP contribution in [0.5, 0.6) is 0 Å². The lowest BCUT2D eigenvalue weighted by atomic mass is 10.1. The molecule has 0 atom stereocenters. The monoisotopic (exact) mass is 235 g/mol. The van der Waals surface area contributed by atoms with Crippen molar-refractivity contribution in [3.63, 3.8) is 0 Å². The molecule has 0 aliphatic rings. The van der Waals surface area contributed by atoms with Crippen LogP contribution in [-0.4, -0.2) is 35.6 Å². The maximum absolute atomic E-state index is 11.9. The quantitative estimate of drug-likeness (QED) is 0.783. The van der Waals surface area contributed by atoms with Crippen LogP contribution in [-0.2, 0) is 11.2 Å². The van der Waals surface area contributed by atoms with Gasteiger partial charge in [-0.05, 0) is 25.3 Å². The number of aryl methyl sites for hydroxylation is 1. The van der Waals surface area contributed by atoms with Crippen molar-refractivity contribution in [1.82, 2.24) is 4.90 Å². The molecule has 1 N–H and O–H groups in total. The van der Waals surface area contributed by atoms with Gasteiger partial charge in [-0.15, -0.1) is 0 Å². The van der Waals surface area contributed by atoms with Crippen LogP contribution in [0.25, 0.3) is 0 Å². The number of hydrogen-bond donors (Lipinski definition) is 1. The van der Waals surface area contributed by atoms with Crippen LogP contribution < -0.4 is 0 Å². The number of rotatable bonds is 7. The van der Waals surface area contributed by atoms with E-state index in [9.17, 15) is 4.79 Å². The zero-order valence-corrected chi connectivity index (χ0v) is 10.4. The SMILES string of the molecule is CCN(CCCO)C(=O)CCc1ccccc1. The fourth-order valence-electron chi connectivity index (χ4n) is 1.77. The van der Waals surface area contributed by atoms with Crippen LogP contribution >= 0.6 is 0 Å². The third kappa shape index (κ3) is 5.00. The molecule has 94 valence electrons. The number of aliphatic hydroxyl groups is 1. The second-order valence-corrected chi connectivity index (χ2v) is 4.04. The molecule has 1 aromatic carbocycles. The summed E-state index contributed by atoms with van der Waals surface area (Å²) in [5, 5.41) is 8.76. The molecule has 0 heterocycles.